The van der Waals surface area contributed by atoms with Gasteiger partial charge in [-0.15, -0.1) is 0 Å². The molecule has 7 rings (SSSR count). The molecule has 0 amide bonds. The molecule has 2 heterocycles. The molecule has 6 aromatic rings. The van der Waals surface area contributed by atoms with Gasteiger partial charge in [-0.25, -0.2) is 0 Å². The van der Waals surface area contributed by atoms with E-state index in [0.717, 1.165) is 32.6 Å². The maximum absolute atomic E-state index is 10.7. The van der Waals surface area contributed by atoms with Gasteiger partial charge in [0.1, 0.15) is 11.5 Å². The summed E-state index contributed by atoms with van der Waals surface area (Å²) in [5.74, 6) is 0.620. The molecule has 3 nitrogen and oxygen atoms in total. The highest BCUT2D eigenvalue weighted by Gasteiger charge is 2.41. The lowest BCUT2D eigenvalue weighted by molar-refractivity contribution is 0.476. The third-order valence-electron chi connectivity index (χ3n) is 7.04. The molecule has 144 valence electrons. The van der Waals surface area contributed by atoms with Crippen molar-refractivity contribution < 1.29 is 10.2 Å². The summed E-state index contributed by atoms with van der Waals surface area (Å²) in [7, 11) is 0. The van der Waals surface area contributed by atoms with Crippen molar-refractivity contribution in [3.63, 3.8) is 0 Å². The molecule has 0 saturated heterocycles. The van der Waals surface area contributed by atoms with E-state index in [1.54, 1.807) is 6.07 Å². The van der Waals surface area contributed by atoms with Crippen LogP contribution >= 0.6 is 0 Å². The molecule has 0 spiro atoms. The Morgan fingerprint density at radius 1 is 0.800 bits per heavy atom. The number of phenols is 2. The number of fused-ring (bicyclic) bond motifs is 9. The quantitative estimate of drug-likeness (QED) is 0.309. The van der Waals surface area contributed by atoms with Crippen molar-refractivity contribution in [3.8, 4) is 22.8 Å². The second-order valence-electron chi connectivity index (χ2n) is 8.99. The Balaban J connectivity index is 1.76. The Kier molecular flexibility index (Phi) is 2.62. The fourth-order valence-corrected chi connectivity index (χ4v) is 5.77. The van der Waals surface area contributed by atoms with Gasteiger partial charge in [-0.2, -0.15) is 0 Å². The van der Waals surface area contributed by atoms with Gasteiger partial charge in [-0.05, 0) is 64.4 Å². The van der Waals surface area contributed by atoms with E-state index in [2.05, 4.69) is 54.6 Å². The first-order chi connectivity index (χ1) is 14.5. The molecule has 0 aliphatic heterocycles. The fourth-order valence-electron chi connectivity index (χ4n) is 5.77. The van der Waals surface area contributed by atoms with Crippen LogP contribution < -0.4 is 0 Å². The maximum atomic E-state index is 10.7. The van der Waals surface area contributed by atoms with Gasteiger partial charge in [0.25, 0.3) is 0 Å². The minimum Gasteiger partial charge on any atom is -0.508 e. The molecule has 2 aromatic heterocycles. The van der Waals surface area contributed by atoms with Crippen LogP contribution in [0.4, 0.5) is 0 Å². The van der Waals surface area contributed by atoms with Crippen LogP contribution in [0.25, 0.3) is 49.2 Å². The first kappa shape index (κ1) is 16.1. The minimum atomic E-state index is -0.186. The summed E-state index contributed by atoms with van der Waals surface area (Å²) in [5.41, 5.74) is 7.07. The largest absolute Gasteiger partial charge is 0.508 e. The summed E-state index contributed by atoms with van der Waals surface area (Å²) in [6, 6.07) is 22.3. The zero-order chi connectivity index (χ0) is 20.4. The van der Waals surface area contributed by atoms with E-state index in [9.17, 15) is 10.2 Å². The summed E-state index contributed by atoms with van der Waals surface area (Å²) in [5, 5.41) is 26.1. The number of para-hydroxylation sites is 1. The van der Waals surface area contributed by atoms with Gasteiger partial charge in [0, 0.05) is 21.8 Å². The molecule has 2 N–H and O–H groups in total. The third-order valence-corrected chi connectivity index (χ3v) is 7.04. The van der Waals surface area contributed by atoms with Crippen LogP contribution in [0.5, 0.6) is 11.5 Å². The Morgan fingerprint density at radius 2 is 1.63 bits per heavy atom. The van der Waals surface area contributed by atoms with E-state index in [-0.39, 0.29) is 11.2 Å². The number of hydrogen-bond donors (Lipinski definition) is 2. The standard InChI is InChI=1S/C27H19NO2/c1-27(2)20-13-15-11-16(29)8-7-14(15)12-19(20)26-24(27)18-9-10-22(30)23-17-5-3-4-6-21(17)28(26)25(18)23/h3-13,29-30H,1-2H3. The molecular formula is C27H19NO2. The lowest BCUT2D eigenvalue weighted by atomic mass is 9.81. The summed E-state index contributed by atoms with van der Waals surface area (Å²) in [4.78, 5) is 0. The first-order valence-corrected chi connectivity index (χ1v) is 10.2. The van der Waals surface area contributed by atoms with E-state index in [4.69, 9.17) is 0 Å². The number of nitrogens with zero attached hydrogens (tertiary/aromatic N) is 1. The Hall–Kier alpha value is -3.72. The summed E-state index contributed by atoms with van der Waals surface area (Å²) in [6.07, 6.45) is 0. The van der Waals surface area contributed by atoms with Gasteiger partial charge >= 0.3 is 0 Å². The summed E-state index contributed by atoms with van der Waals surface area (Å²) < 4.78 is 2.34. The average Bonchev–Trinajstić information content (AvgIpc) is 3.32. The fraction of sp³-hybridized carbons (Fsp3) is 0.111. The second-order valence-corrected chi connectivity index (χ2v) is 8.99. The maximum Gasteiger partial charge on any atom is 0.125 e. The second kappa shape index (κ2) is 4.88. The number of rotatable bonds is 0. The van der Waals surface area contributed by atoms with Crippen LogP contribution in [0, 0.1) is 0 Å². The molecule has 30 heavy (non-hydrogen) atoms. The number of hydrogen-bond acceptors (Lipinski definition) is 2. The molecule has 3 heteroatoms. The van der Waals surface area contributed by atoms with E-state index >= 15 is 0 Å². The minimum absolute atomic E-state index is 0.186. The van der Waals surface area contributed by atoms with E-state index in [0.29, 0.717) is 5.75 Å². The Morgan fingerprint density at radius 3 is 2.50 bits per heavy atom. The smallest absolute Gasteiger partial charge is 0.125 e. The number of aromatic nitrogens is 1. The Bertz CT molecular complexity index is 1690. The molecule has 4 aromatic carbocycles. The normalized spacial score (nSPS) is 14.9. The van der Waals surface area contributed by atoms with E-state index in [1.807, 2.05) is 24.3 Å². The van der Waals surface area contributed by atoms with Crippen LogP contribution in [0.2, 0.25) is 0 Å². The van der Waals surface area contributed by atoms with Crippen molar-refractivity contribution in [1.29, 1.82) is 0 Å². The molecule has 1 aliphatic rings. The number of aromatic hydroxyl groups is 2. The van der Waals surface area contributed by atoms with E-state index in [1.165, 1.54) is 27.8 Å². The predicted octanol–water partition coefficient (Wildman–Crippen LogP) is 6.55. The zero-order valence-corrected chi connectivity index (χ0v) is 16.7. The van der Waals surface area contributed by atoms with Crippen LogP contribution in [0.15, 0.2) is 66.7 Å². The van der Waals surface area contributed by atoms with E-state index < -0.39 is 0 Å². The van der Waals surface area contributed by atoms with Crippen molar-refractivity contribution in [2.45, 2.75) is 19.3 Å². The molecule has 0 saturated carbocycles. The SMILES string of the molecule is CC1(C)c2cc3cc(O)ccc3cc2-c2c1c1ccc(O)c3c4ccccc4n2c13. The van der Waals surface area contributed by atoms with Crippen LogP contribution in [0.1, 0.15) is 25.0 Å². The highest BCUT2D eigenvalue weighted by molar-refractivity contribution is 6.20. The summed E-state index contributed by atoms with van der Waals surface area (Å²) >= 11 is 0. The topological polar surface area (TPSA) is 44.9 Å². The zero-order valence-electron chi connectivity index (χ0n) is 16.7. The van der Waals surface area contributed by atoms with Gasteiger partial charge in [0.15, 0.2) is 0 Å². The average molecular weight is 389 g/mol. The molecule has 0 fully saturated rings. The van der Waals surface area contributed by atoms with Crippen LogP contribution in [0.3, 0.4) is 0 Å². The van der Waals surface area contributed by atoms with Crippen LogP contribution in [-0.4, -0.2) is 14.6 Å². The monoisotopic (exact) mass is 389 g/mol. The molecule has 0 radical (unpaired) electrons. The number of benzene rings is 4. The molecular weight excluding hydrogens is 370 g/mol. The van der Waals surface area contributed by atoms with Gasteiger partial charge in [-0.3, -0.25) is 0 Å². The van der Waals surface area contributed by atoms with Crippen molar-refractivity contribution in [1.82, 2.24) is 4.40 Å². The first-order valence-electron chi connectivity index (χ1n) is 10.2. The van der Waals surface area contributed by atoms with Crippen molar-refractivity contribution in [2.75, 3.05) is 0 Å². The van der Waals surface area contributed by atoms with Gasteiger partial charge in [0.05, 0.1) is 22.1 Å². The van der Waals surface area contributed by atoms with Crippen molar-refractivity contribution >= 4 is 38.0 Å². The van der Waals surface area contributed by atoms with Gasteiger partial charge in [-0.1, -0.05) is 38.1 Å². The lowest BCUT2D eigenvalue weighted by Crippen LogP contribution is -2.14. The van der Waals surface area contributed by atoms with Gasteiger partial charge < -0.3 is 14.6 Å². The highest BCUT2D eigenvalue weighted by Crippen LogP contribution is 2.56. The van der Waals surface area contributed by atoms with Crippen LogP contribution in [-0.2, 0) is 5.41 Å². The van der Waals surface area contributed by atoms with Crippen molar-refractivity contribution in [3.05, 3.63) is 77.9 Å². The molecule has 1 aliphatic carbocycles. The molecule has 0 unspecified atom stereocenters. The highest BCUT2D eigenvalue weighted by atomic mass is 16.3. The summed E-state index contributed by atoms with van der Waals surface area (Å²) in [6.45, 7) is 4.55. The van der Waals surface area contributed by atoms with Crippen molar-refractivity contribution in [2.24, 2.45) is 0 Å². The molecule has 0 bridgehead atoms. The third kappa shape index (κ3) is 1.65. The van der Waals surface area contributed by atoms with Gasteiger partial charge in [0.2, 0.25) is 0 Å². The number of phenolic OH excluding ortho intramolecular Hbond substituents is 2. The predicted molar refractivity (Wildman–Crippen MR) is 122 cm³/mol. The lowest BCUT2D eigenvalue weighted by Gasteiger charge is -2.22. The Labute approximate surface area is 172 Å². The molecule has 0 atom stereocenters.